The van der Waals surface area contributed by atoms with Crippen LogP contribution in [0.4, 0.5) is 0 Å². The highest BCUT2D eigenvalue weighted by molar-refractivity contribution is 5.87. The number of carbonyl (C=O) groups excluding carboxylic acids is 1. The molecule has 0 aromatic carbocycles. The number of fused-ring (bicyclic) bond motifs is 3. The van der Waals surface area contributed by atoms with Gasteiger partial charge in [-0.1, -0.05) is 26.8 Å². The summed E-state index contributed by atoms with van der Waals surface area (Å²) in [5.74, 6) is 1.62. The number of hydrogen-bond donors (Lipinski definition) is 0. The van der Waals surface area contributed by atoms with Crippen LogP contribution >= 0.6 is 0 Å². The van der Waals surface area contributed by atoms with Crippen molar-refractivity contribution in [3.05, 3.63) is 12.2 Å². The number of allylic oxidation sites excluding steroid dienone is 2. The Balaban J connectivity index is 2.29. The molecule has 90 valence electrons. The molecule has 1 unspecified atom stereocenters. The molecule has 0 amide bonds. The van der Waals surface area contributed by atoms with Crippen LogP contribution in [0, 0.1) is 22.7 Å². The Labute approximate surface area is 99.3 Å². The third kappa shape index (κ3) is 1.74. The summed E-state index contributed by atoms with van der Waals surface area (Å²) in [7, 11) is 0. The molecule has 3 rings (SSSR count). The molecule has 0 aromatic rings. The Kier molecular flexibility index (Phi) is 2.76. The molecule has 1 nitrogen and oxygen atoms in total. The summed E-state index contributed by atoms with van der Waals surface area (Å²) in [6.45, 7) is 8.85. The molecule has 2 bridgehead atoms. The van der Waals surface area contributed by atoms with Gasteiger partial charge in [-0.3, -0.25) is 4.79 Å². The van der Waals surface area contributed by atoms with E-state index in [9.17, 15) is 4.79 Å². The van der Waals surface area contributed by atoms with E-state index in [1.807, 2.05) is 0 Å². The Bertz CT molecular complexity index is 312. The molecule has 0 saturated heterocycles. The molecule has 1 atom stereocenters. The van der Waals surface area contributed by atoms with Crippen LogP contribution in [-0.2, 0) is 4.79 Å². The standard InChI is InChI=1S/C15H24O/c1-11(16)5-6-13-14(2,3)12-7-9-15(13,4)10-8-12/h5-6,12-13H,7-10H2,1-4H3. The number of hydrogen-bond acceptors (Lipinski definition) is 1. The van der Waals surface area contributed by atoms with Gasteiger partial charge in [-0.05, 0) is 61.3 Å². The van der Waals surface area contributed by atoms with Gasteiger partial charge >= 0.3 is 0 Å². The van der Waals surface area contributed by atoms with Crippen molar-refractivity contribution in [3.8, 4) is 0 Å². The maximum absolute atomic E-state index is 11.1. The molecule has 0 heterocycles. The van der Waals surface area contributed by atoms with Crippen LogP contribution in [0.15, 0.2) is 12.2 Å². The molecule has 0 spiro atoms. The van der Waals surface area contributed by atoms with Crippen LogP contribution in [0.1, 0.15) is 53.4 Å². The van der Waals surface area contributed by atoms with Crippen molar-refractivity contribution in [2.24, 2.45) is 22.7 Å². The third-order valence-corrected chi connectivity index (χ3v) is 5.26. The number of ketones is 1. The highest BCUT2D eigenvalue weighted by Crippen LogP contribution is 2.62. The maximum atomic E-state index is 11.1. The smallest absolute Gasteiger partial charge is 0.152 e. The van der Waals surface area contributed by atoms with Crippen molar-refractivity contribution in [2.45, 2.75) is 53.4 Å². The first-order valence-electron chi connectivity index (χ1n) is 6.55. The van der Waals surface area contributed by atoms with E-state index in [1.165, 1.54) is 25.7 Å². The summed E-state index contributed by atoms with van der Waals surface area (Å²) in [4.78, 5) is 11.1. The molecule has 0 aromatic heterocycles. The van der Waals surface area contributed by atoms with E-state index >= 15 is 0 Å². The number of rotatable bonds is 2. The van der Waals surface area contributed by atoms with E-state index in [-0.39, 0.29) is 5.78 Å². The lowest BCUT2D eigenvalue weighted by molar-refractivity contribution is -0.112. The topological polar surface area (TPSA) is 17.1 Å². The summed E-state index contributed by atoms with van der Waals surface area (Å²) in [6.07, 6.45) is 9.44. The lowest BCUT2D eigenvalue weighted by Crippen LogP contribution is -2.51. The summed E-state index contributed by atoms with van der Waals surface area (Å²) < 4.78 is 0. The zero-order valence-electron chi connectivity index (χ0n) is 11.0. The monoisotopic (exact) mass is 220 g/mol. The van der Waals surface area contributed by atoms with Gasteiger partial charge in [0.05, 0.1) is 0 Å². The Morgan fingerprint density at radius 1 is 1.19 bits per heavy atom. The SMILES string of the molecule is CC(=O)C=CC1C2(C)CCC(CC2)C1(C)C. The molecule has 0 aliphatic heterocycles. The maximum Gasteiger partial charge on any atom is 0.152 e. The fourth-order valence-electron chi connectivity index (χ4n) is 4.20. The van der Waals surface area contributed by atoms with E-state index in [0.717, 1.165) is 5.92 Å². The molecule has 3 saturated carbocycles. The van der Waals surface area contributed by atoms with Crippen molar-refractivity contribution in [1.29, 1.82) is 0 Å². The second-order valence-electron chi connectivity index (χ2n) is 6.70. The van der Waals surface area contributed by atoms with Gasteiger partial charge < -0.3 is 0 Å². The van der Waals surface area contributed by atoms with Crippen LogP contribution < -0.4 is 0 Å². The zero-order valence-corrected chi connectivity index (χ0v) is 11.0. The Morgan fingerprint density at radius 2 is 1.75 bits per heavy atom. The van der Waals surface area contributed by atoms with Gasteiger partial charge in [-0.15, -0.1) is 0 Å². The zero-order chi connectivity index (χ0) is 12.0. The lowest BCUT2D eigenvalue weighted by atomic mass is 9.46. The fourth-order valence-corrected chi connectivity index (χ4v) is 4.20. The normalized spacial score (nSPS) is 41.5. The minimum atomic E-state index is 0.181. The Hall–Kier alpha value is -0.590. The molecule has 0 N–H and O–H groups in total. The predicted octanol–water partition coefficient (Wildman–Crippen LogP) is 3.98. The molecule has 1 heteroatoms. The summed E-state index contributed by atoms with van der Waals surface area (Å²) >= 11 is 0. The molecule has 0 radical (unpaired) electrons. The van der Waals surface area contributed by atoms with E-state index in [4.69, 9.17) is 0 Å². The van der Waals surface area contributed by atoms with Crippen LogP contribution in [0.5, 0.6) is 0 Å². The average molecular weight is 220 g/mol. The van der Waals surface area contributed by atoms with Crippen LogP contribution in [0.2, 0.25) is 0 Å². The van der Waals surface area contributed by atoms with Crippen LogP contribution in [0.3, 0.4) is 0 Å². The van der Waals surface area contributed by atoms with Gasteiger partial charge in [0, 0.05) is 0 Å². The minimum Gasteiger partial charge on any atom is -0.295 e. The first-order valence-corrected chi connectivity index (χ1v) is 6.55. The first-order chi connectivity index (χ1) is 7.36. The largest absolute Gasteiger partial charge is 0.295 e. The average Bonchev–Trinajstić information content (AvgIpc) is 2.15. The highest BCUT2D eigenvalue weighted by atomic mass is 16.1. The Morgan fingerprint density at radius 3 is 2.19 bits per heavy atom. The van der Waals surface area contributed by atoms with Gasteiger partial charge in [-0.25, -0.2) is 0 Å². The van der Waals surface area contributed by atoms with Crippen molar-refractivity contribution in [1.82, 2.24) is 0 Å². The van der Waals surface area contributed by atoms with Gasteiger partial charge in [-0.2, -0.15) is 0 Å². The molecular formula is C15H24O. The van der Waals surface area contributed by atoms with Gasteiger partial charge in [0.2, 0.25) is 0 Å². The highest BCUT2D eigenvalue weighted by Gasteiger charge is 2.53. The van der Waals surface area contributed by atoms with Gasteiger partial charge in [0.1, 0.15) is 0 Å². The van der Waals surface area contributed by atoms with Crippen molar-refractivity contribution >= 4 is 5.78 Å². The van der Waals surface area contributed by atoms with Gasteiger partial charge in [0.15, 0.2) is 5.78 Å². The minimum absolute atomic E-state index is 0.181. The fraction of sp³-hybridized carbons (Fsp3) is 0.800. The summed E-state index contributed by atoms with van der Waals surface area (Å²) in [6, 6.07) is 0. The van der Waals surface area contributed by atoms with E-state index in [1.54, 1.807) is 13.0 Å². The van der Waals surface area contributed by atoms with Crippen LogP contribution in [0.25, 0.3) is 0 Å². The van der Waals surface area contributed by atoms with Crippen molar-refractivity contribution < 1.29 is 4.79 Å². The van der Waals surface area contributed by atoms with E-state index < -0.39 is 0 Å². The van der Waals surface area contributed by atoms with Crippen molar-refractivity contribution in [2.75, 3.05) is 0 Å². The van der Waals surface area contributed by atoms with Gasteiger partial charge in [0.25, 0.3) is 0 Å². The van der Waals surface area contributed by atoms with Crippen LogP contribution in [-0.4, -0.2) is 5.78 Å². The quantitative estimate of drug-likeness (QED) is 0.643. The molecule has 3 aliphatic rings. The lowest BCUT2D eigenvalue weighted by Gasteiger charge is -2.59. The first kappa shape index (κ1) is 11.9. The van der Waals surface area contributed by atoms with Crippen molar-refractivity contribution in [3.63, 3.8) is 0 Å². The number of carbonyl (C=O) groups is 1. The summed E-state index contributed by atoms with van der Waals surface area (Å²) in [5, 5.41) is 0. The van der Waals surface area contributed by atoms with E-state index in [0.29, 0.717) is 16.7 Å². The molecular weight excluding hydrogens is 196 g/mol. The second kappa shape index (κ2) is 3.72. The molecule has 3 fully saturated rings. The molecule has 16 heavy (non-hydrogen) atoms. The summed E-state index contributed by atoms with van der Waals surface area (Å²) in [5.41, 5.74) is 0.807. The third-order valence-electron chi connectivity index (χ3n) is 5.26. The second-order valence-corrected chi connectivity index (χ2v) is 6.70. The van der Waals surface area contributed by atoms with E-state index in [2.05, 4.69) is 26.8 Å². The predicted molar refractivity (Wildman–Crippen MR) is 67.2 cm³/mol. The molecule has 3 aliphatic carbocycles.